The Kier molecular flexibility index (Phi) is 4.23. The SMILES string of the molecule is N/C=C/CBO. The summed E-state index contributed by atoms with van der Waals surface area (Å²) in [6.45, 7) is 0. The van der Waals surface area contributed by atoms with Gasteiger partial charge in [0.25, 0.3) is 7.48 Å². The molecular formula is C3H8BNO. The van der Waals surface area contributed by atoms with Crippen LogP contribution in [0.5, 0.6) is 0 Å². The van der Waals surface area contributed by atoms with Crippen molar-refractivity contribution >= 4 is 7.48 Å². The fourth-order valence-corrected chi connectivity index (χ4v) is 0.171. The summed E-state index contributed by atoms with van der Waals surface area (Å²) in [5.41, 5.74) is 4.92. The molecule has 0 rings (SSSR count). The first-order valence-electron chi connectivity index (χ1n) is 1.89. The summed E-state index contributed by atoms with van der Waals surface area (Å²) in [5.74, 6) is 0. The predicted molar refractivity (Wildman–Crippen MR) is 27.5 cm³/mol. The Morgan fingerprint density at radius 3 is 2.67 bits per heavy atom. The molecule has 3 heteroatoms. The number of rotatable bonds is 2. The second-order valence-corrected chi connectivity index (χ2v) is 0.940. The lowest BCUT2D eigenvalue weighted by Crippen LogP contribution is -1.82. The Labute approximate surface area is 37.9 Å². The van der Waals surface area contributed by atoms with Crippen molar-refractivity contribution in [1.29, 1.82) is 0 Å². The standard InChI is InChI=1S/C3H8BNO/c5-3-1-2-4-6/h1,3-4,6H,2,5H2/b3-1+. The van der Waals surface area contributed by atoms with E-state index >= 15 is 0 Å². The summed E-state index contributed by atoms with van der Waals surface area (Å²) >= 11 is 0. The van der Waals surface area contributed by atoms with Crippen LogP contribution in [-0.2, 0) is 0 Å². The van der Waals surface area contributed by atoms with Gasteiger partial charge in [0.2, 0.25) is 0 Å². The minimum absolute atomic E-state index is 0.188. The zero-order chi connectivity index (χ0) is 4.83. The molecule has 6 heavy (non-hydrogen) atoms. The summed E-state index contributed by atoms with van der Waals surface area (Å²) in [7, 11) is 0.188. The van der Waals surface area contributed by atoms with Gasteiger partial charge < -0.3 is 10.8 Å². The third-order valence-electron chi connectivity index (χ3n) is 0.432. The first kappa shape index (κ1) is 5.56. The number of hydrogen-bond acceptors (Lipinski definition) is 2. The van der Waals surface area contributed by atoms with E-state index in [0.717, 1.165) is 0 Å². The van der Waals surface area contributed by atoms with E-state index in [-0.39, 0.29) is 7.48 Å². The van der Waals surface area contributed by atoms with Crippen molar-refractivity contribution < 1.29 is 5.02 Å². The molecule has 0 radical (unpaired) electrons. The van der Waals surface area contributed by atoms with E-state index in [2.05, 4.69) is 0 Å². The van der Waals surface area contributed by atoms with E-state index < -0.39 is 0 Å². The van der Waals surface area contributed by atoms with Crippen molar-refractivity contribution in [1.82, 2.24) is 0 Å². The van der Waals surface area contributed by atoms with Crippen LogP contribution in [0.15, 0.2) is 12.3 Å². The molecule has 0 aromatic heterocycles. The molecule has 0 aromatic carbocycles. The van der Waals surface area contributed by atoms with E-state index in [1.165, 1.54) is 6.20 Å². The molecule has 0 aliphatic rings. The molecule has 0 spiro atoms. The normalized spacial score (nSPS) is 9.50. The van der Waals surface area contributed by atoms with Crippen LogP contribution < -0.4 is 5.73 Å². The van der Waals surface area contributed by atoms with Crippen molar-refractivity contribution in [2.24, 2.45) is 5.73 Å². The zero-order valence-corrected chi connectivity index (χ0v) is 3.59. The van der Waals surface area contributed by atoms with Crippen molar-refractivity contribution in [3.8, 4) is 0 Å². The maximum Gasteiger partial charge on any atom is 0.274 e. The molecule has 0 aliphatic carbocycles. The van der Waals surface area contributed by atoms with E-state index in [1.54, 1.807) is 6.08 Å². The van der Waals surface area contributed by atoms with Crippen LogP contribution in [0.3, 0.4) is 0 Å². The van der Waals surface area contributed by atoms with Gasteiger partial charge in [0, 0.05) is 0 Å². The van der Waals surface area contributed by atoms with E-state index in [1.807, 2.05) is 0 Å². The zero-order valence-electron chi connectivity index (χ0n) is 3.59. The Bertz CT molecular complexity index is 46.1. The van der Waals surface area contributed by atoms with Crippen LogP contribution in [0.2, 0.25) is 6.32 Å². The number of hydrogen-bond donors (Lipinski definition) is 2. The topological polar surface area (TPSA) is 46.2 Å². The average Bonchev–Trinajstić information content (AvgIpc) is 1.61. The highest BCUT2D eigenvalue weighted by molar-refractivity contribution is 6.25. The maximum absolute atomic E-state index is 8.09. The van der Waals surface area contributed by atoms with Gasteiger partial charge in [-0.1, -0.05) is 6.08 Å². The van der Waals surface area contributed by atoms with E-state index in [0.29, 0.717) is 6.32 Å². The van der Waals surface area contributed by atoms with E-state index in [4.69, 9.17) is 10.8 Å². The Balaban J connectivity index is 2.66. The van der Waals surface area contributed by atoms with Gasteiger partial charge in [-0.15, -0.1) is 0 Å². The van der Waals surface area contributed by atoms with Crippen LogP contribution >= 0.6 is 0 Å². The molecule has 0 bridgehead atoms. The first-order chi connectivity index (χ1) is 2.91. The molecule has 0 aromatic rings. The van der Waals surface area contributed by atoms with Gasteiger partial charge in [0.1, 0.15) is 0 Å². The highest BCUT2D eigenvalue weighted by Crippen LogP contribution is 1.72. The fourth-order valence-electron chi connectivity index (χ4n) is 0.171. The van der Waals surface area contributed by atoms with Crippen LogP contribution in [0, 0.1) is 0 Å². The summed E-state index contributed by atoms with van der Waals surface area (Å²) in [6.07, 6.45) is 3.80. The summed E-state index contributed by atoms with van der Waals surface area (Å²) in [6, 6.07) is 0. The maximum atomic E-state index is 8.09. The van der Waals surface area contributed by atoms with Crippen LogP contribution in [0.4, 0.5) is 0 Å². The van der Waals surface area contributed by atoms with Gasteiger partial charge in [-0.2, -0.15) is 0 Å². The van der Waals surface area contributed by atoms with Gasteiger partial charge in [-0.3, -0.25) is 0 Å². The van der Waals surface area contributed by atoms with Crippen LogP contribution in [0.1, 0.15) is 0 Å². The highest BCUT2D eigenvalue weighted by atomic mass is 16.2. The average molecular weight is 84.9 g/mol. The van der Waals surface area contributed by atoms with Gasteiger partial charge in [-0.25, -0.2) is 0 Å². The molecule has 0 saturated carbocycles. The van der Waals surface area contributed by atoms with Gasteiger partial charge in [-0.05, 0) is 12.5 Å². The molecule has 0 heterocycles. The molecule has 2 nitrogen and oxygen atoms in total. The molecule has 0 fully saturated rings. The highest BCUT2D eigenvalue weighted by Gasteiger charge is 1.72. The molecule has 34 valence electrons. The van der Waals surface area contributed by atoms with Gasteiger partial charge in [0.15, 0.2) is 0 Å². The second-order valence-electron chi connectivity index (χ2n) is 0.940. The largest absolute Gasteiger partial charge is 0.454 e. The third kappa shape index (κ3) is 3.56. The number of allylic oxidation sites excluding steroid dienone is 1. The Hall–Kier alpha value is -0.435. The van der Waals surface area contributed by atoms with Crippen LogP contribution in [0.25, 0.3) is 0 Å². The predicted octanol–water partition coefficient (Wildman–Crippen LogP) is -0.779. The third-order valence-corrected chi connectivity index (χ3v) is 0.432. The molecule has 0 amide bonds. The minimum atomic E-state index is 0.188. The molecule has 3 N–H and O–H groups in total. The van der Waals surface area contributed by atoms with Crippen LogP contribution in [-0.4, -0.2) is 12.5 Å². The lowest BCUT2D eigenvalue weighted by Gasteiger charge is -1.73. The Morgan fingerprint density at radius 1 is 1.83 bits per heavy atom. The summed E-state index contributed by atoms with van der Waals surface area (Å²) < 4.78 is 0. The molecule has 0 unspecified atom stereocenters. The van der Waals surface area contributed by atoms with E-state index in [9.17, 15) is 0 Å². The van der Waals surface area contributed by atoms with Gasteiger partial charge >= 0.3 is 0 Å². The monoisotopic (exact) mass is 85.1 g/mol. The van der Waals surface area contributed by atoms with Crippen molar-refractivity contribution in [2.45, 2.75) is 6.32 Å². The molecule has 0 saturated heterocycles. The molecule has 0 aliphatic heterocycles. The fraction of sp³-hybridized carbons (Fsp3) is 0.333. The smallest absolute Gasteiger partial charge is 0.274 e. The lowest BCUT2D eigenvalue weighted by molar-refractivity contribution is 0.605. The summed E-state index contributed by atoms with van der Waals surface area (Å²) in [5, 5.41) is 8.09. The van der Waals surface area contributed by atoms with Crippen molar-refractivity contribution in [3.05, 3.63) is 12.3 Å². The quantitative estimate of drug-likeness (QED) is 0.432. The molecule has 0 atom stereocenters. The first-order valence-corrected chi connectivity index (χ1v) is 1.89. The van der Waals surface area contributed by atoms with Gasteiger partial charge in [0.05, 0.1) is 0 Å². The Morgan fingerprint density at radius 2 is 2.50 bits per heavy atom. The lowest BCUT2D eigenvalue weighted by atomic mass is 9.97. The minimum Gasteiger partial charge on any atom is -0.454 e. The number of nitrogens with two attached hydrogens (primary N) is 1. The summed E-state index contributed by atoms with van der Waals surface area (Å²) in [4.78, 5) is 0. The van der Waals surface area contributed by atoms with Crippen molar-refractivity contribution in [3.63, 3.8) is 0 Å². The second kappa shape index (κ2) is 4.56. The van der Waals surface area contributed by atoms with Crippen molar-refractivity contribution in [2.75, 3.05) is 0 Å². The molecular weight excluding hydrogens is 76.9 g/mol.